The third-order valence-corrected chi connectivity index (χ3v) is 5.50. The molecule has 1 amide bonds. The van der Waals surface area contributed by atoms with Gasteiger partial charge >= 0.3 is 5.97 Å². The highest BCUT2D eigenvalue weighted by Crippen LogP contribution is 2.23. The standard InChI is InChI=1S/C21H28N2O4/c1-14-7-5-8-15(2)23(14)20(24)13-27-21(25)19-11-16(3)22(17(19)4)12-18-9-6-10-26-18/h6,9-11,14-15H,5,7-8,12-13H2,1-4H3/t14-,15+. The molecule has 27 heavy (non-hydrogen) atoms. The van der Waals surface area contributed by atoms with Crippen molar-refractivity contribution in [3.8, 4) is 0 Å². The number of furan rings is 1. The van der Waals surface area contributed by atoms with E-state index in [1.165, 1.54) is 0 Å². The monoisotopic (exact) mass is 372 g/mol. The first-order valence-electron chi connectivity index (χ1n) is 9.56. The number of aryl methyl sites for hydroxylation is 1. The number of aromatic nitrogens is 1. The molecule has 2 aromatic rings. The van der Waals surface area contributed by atoms with Gasteiger partial charge in [-0.3, -0.25) is 4.79 Å². The molecule has 6 nitrogen and oxygen atoms in total. The van der Waals surface area contributed by atoms with E-state index >= 15 is 0 Å². The number of likely N-dealkylation sites (tertiary alicyclic amines) is 1. The summed E-state index contributed by atoms with van der Waals surface area (Å²) in [7, 11) is 0. The number of esters is 1. The fraction of sp³-hybridized carbons (Fsp3) is 0.524. The fourth-order valence-electron chi connectivity index (χ4n) is 4.00. The SMILES string of the molecule is Cc1cc(C(=O)OCC(=O)N2[C@H](C)CCC[C@@H]2C)c(C)n1Cc1ccco1. The van der Waals surface area contributed by atoms with Crippen LogP contribution in [0.25, 0.3) is 0 Å². The van der Waals surface area contributed by atoms with Crippen LogP contribution in [0.15, 0.2) is 28.9 Å². The van der Waals surface area contributed by atoms with Crippen LogP contribution in [0.4, 0.5) is 0 Å². The van der Waals surface area contributed by atoms with Gasteiger partial charge in [-0.15, -0.1) is 0 Å². The minimum Gasteiger partial charge on any atom is -0.467 e. The van der Waals surface area contributed by atoms with E-state index in [0.717, 1.165) is 36.4 Å². The Bertz CT molecular complexity index is 797. The van der Waals surface area contributed by atoms with E-state index in [1.807, 2.05) is 35.4 Å². The molecule has 0 radical (unpaired) electrons. The quantitative estimate of drug-likeness (QED) is 0.751. The van der Waals surface area contributed by atoms with Gasteiger partial charge in [0.05, 0.1) is 18.4 Å². The van der Waals surface area contributed by atoms with Crippen molar-refractivity contribution >= 4 is 11.9 Å². The summed E-state index contributed by atoms with van der Waals surface area (Å²) in [4.78, 5) is 27.0. The topological polar surface area (TPSA) is 64.7 Å². The van der Waals surface area contributed by atoms with Crippen LogP contribution in [0.2, 0.25) is 0 Å². The number of nitrogens with zero attached hydrogens (tertiary/aromatic N) is 2. The van der Waals surface area contributed by atoms with Gasteiger partial charge in [0.25, 0.3) is 5.91 Å². The molecule has 3 rings (SSSR count). The second-order valence-corrected chi connectivity index (χ2v) is 7.46. The Morgan fingerprint density at radius 2 is 1.93 bits per heavy atom. The predicted molar refractivity (Wildman–Crippen MR) is 102 cm³/mol. The van der Waals surface area contributed by atoms with E-state index < -0.39 is 5.97 Å². The minimum atomic E-state index is -0.459. The van der Waals surface area contributed by atoms with Crippen molar-refractivity contribution < 1.29 is 18.7 Å². The molecule has 2 atom stereocenters. The first-order valence-corrected chi connectivity index (χ1v) is 9.56. The maximum atomic E-state index is 12.6. The largest absolute Gasteiger partial charge is 0.467 e. The summed E-state index contributed by atoms with van der Waals surface area (Å²) in [5.74, 6) is 0.242. The average molecular weight is 372 g/mol. The predicted octanol–water partition coefficient (Wildman–Crippen LogP) is 3.69. The molecule has 2 aromatic heterocycles. The Hall–Kier alpha value is -2.50. The normalized spacial score (nSPS) is 19.9. The second kappa shape index (κ2) is 8.03. The maximum Gasteiger partial charge on any atom is 0.340 e. The van der Waals surface area contributed by atoms with Gasteiger partial charge in [-0.25, -0.2) is 4.79 Å². The first-order chi connectivity index (χ1) is 12.9. The van der Waals surface area contributed by atoms with Crippen molar-refractivity contribution in [2.24, 2.45) is 0 Å². The Kier molecular flexibility index (Phi) is 5.73. The molecule has 0 aromatic carbocycles. The lowest BCUT2D eigenvalue weighted by atomic mass is 9.97. The van der Waals surface area contributed by atoms with Gasteiger partial charge in [-0.05, 0) is 65.2 Å². The Balaban J connectivity index is 1.65. The number of hydrogen-bond donors (Lipinski definition) is 0. The summed E-state index contributed by atoms with van der Waals surface area (Å²) >= 11 is 0. The number of piperidine rings is 1. The number of amides is 1. The second-order valence-electron chi connectivity index (χ2n) is 7.46. The van der Waals surface area contributed by atoms with Crippen molar-refractivity contribution in [3.63, 3.8) is 0 Å². The van der Waals surface area contributed by atoms with Gasteiger partial charge in [-0.1, -0.05) is 0 Å². The molecule has 0 unspecified atom stereocenters. The van der Waals surface area contributed by atoms with Gasteiger partial charge in [0.2, 0.25) is 0 Å². The van der Waals surface area contributed by atoms with Crippen molar-refractivity contribution in [3.05, 3.63) is 47.2 Å². The molecule has 0 saturated carbocycles. The Morgan fingerprint density at radius 3 is 2.56 bits per heavy atom. The number of carbonyl (C=O) groups excluding carboxylic acids is 2. The average Bonchev–Trinajstić information content (AvgIpc) is 3.23. The van der Waals surface area contributed by atoms with Crippen LogP contribution < -0.4 is 0 Å². The summed E-state index contributed by atoms with van der Waals surface area (Å²) in [6.07, 6.45) is 4.76. The molecule has 0 bridgehead atoms. The number of carbonyl (C=O) groups is 2. The molecule has 1 aliphatic rings. The molecule has 0 N–H and O–H groups in total. The molecular weight excluding hydrogens is 344 g/mol. The molecular formula is C21H28N2O4. The first kappa shape index (κ1) is 19.3. The smallest absolute Gasteiger partial charge is 0.340 e. The zero-order valence-corrected chi connectivity index (χ0v) is 16.5. The third kappa shape index (κ3) is 4.10. The molecule has 1 fully saturated rings. The number of ether oxygens (including phenoxy) is 1. The van der Waals surface area contributed by atoms with Crippen molar-refractivity contribution in [2.45, 2.75) is 65.6 Å². The maximum absolute atomic E-state index is 12.6. The number of hydrogen-bond acceptors (Lipinski definition) is 4. The lowest BCUT2D eigenvalue weighted by Crippen LogP contribution is -2.49. The molecule has 0 spiro atoms. The van der Waals surface area contributed by atoms with Crippen LogP contribution in [0.5, 0.6) is 0 Å². The van der Waals surface area contributed by atoms with E-state index in [9.17, 15) is 9.59 Å². The molecule has 6 heteroatoms. The fourth-order valence-corrected chi connectivity index (χ4v) is 4.00. The molecule has 146 valence electrons. The zero-order chi connectivity index (χ0) is 19.6. The third-order valence-electron chi connectivity index (χ3n) is 5.50. The molecule has 0 aliphatic carbocycles. The summed E-state index contributed by atoms with van der Waals surface area (Å²) in [6.45, 7) is 8.27. The lowest BCUT2D eigenvalue weighted by molar-refractivity contribution is -0.140. The van der Waals surface area contributed by atoms with Crippen LogP contribution in [0.3, 0.4) is 0 Å². The Labute approximate surface area is 160 Å². The van der Waals surface area contributed by atoms with Crippen LogP contribution >= 0.6 is 0 Å². The lowest BCUT2D eigenvalue weighted by Gasteiger charge is -2.38. The molecule has 1 saturated heterocycles. The van der Waals surface area contributed by atoms with Crippen LogP contribution in [0, 0.1) is 13.8 Å². The van der Waals surface area contributed by atoms with Crippen LogP contribution in [0.1, 0.15) is 60.6 Å². The minimum absolute atomic E-state index is 0.118. The summed E-state index contributed by atoms with van der Waals surface area (Å²) in [6, 6.07) is 5.93. The highest BCUT2D eigenvalue weighted by molar-refractivity contribution is 5.92. The Morgan fingerprint density at radius 1 is 1.22 bits per heavy atom. The van der Waals surface area contributed by atoms with E-state index in [2.05, 4.69) is 13.8 Å². The zero-order valence-electron chi connectivity index (χ0n) is 16.5. The molecule has 1 aliphatic heterocycles. The van der Waals surface area contributed by atoms with Gasteiger partial charge in [0, 0.05) is 23.5 Å². The summed E-state index contributed by atoms with van der Waals surface area (Å²) < 4.78 is 12.8. The van der Waals surface area contributed by atoms with Gasteiger partial charge in [0.15, 0.2) is 6.61 Å². The summed E-state index contributed by atoms with van der Waals surface area (Å²) in [5, 5.41) is 0. The highest BCUT2D eigenvalue weighted by Gasteiger charge is 2.29. The van der Waals surface area contributed by atoms with E-state index in [-0.39, 0.29) is 24.6 Å². The molecule has 3 heterocycles. The summed E-state index contributed by atoms with van der Waals surface area (Å²) in [5.41, 5.74) is 2.24. The van der Waals surface area contributed by atoms with Gasteiger partial charge in [0.1, 0.15) is 5.76 Å². The van der Waals surface area contributed by atoms with E-state index in [4.69, 9.17) is 9.15 Å². The van der Waals surface area contributed by atoms with Crippen LogP contribution in [-0.4, -0.2) is 40.0 Å². The van der Waals surface area contributed by atoms with Crippen molar-refractivity contribution in [1.82, 2.24) is 9.47 Å². The van der Waals surface area contributed by atoms with Gasteiger partial charge in [-0.2, -0.15) is 0 Å². The van der Waals surface area contributed by atoms with Crippen molar-refractivity contribution in [1.29, 1.82) is 0 Å². The van der Waals surface area contributed by atoms with E-state index in [1.54, 1.807) is 12.3 Å². The highest BCUT2D eigenvalue weighted by atomic mass is 16.5. The van der Waals surface area contributed by atoms with Crippen molar-refractivity contribution in [2.75, 3.05) is 6.61 Å². The van der Waals surface area contributed by atoms with E-state index in [0.29, 0.717) is 12.1 Å². The van der Waals surface area contributed by atoms with Crippen LogP contribution in [-0.2, 0) is 16.1 Å². The number of rotatable bonds is 5. The van der Waals surface area contributed by atoms with Gasteiger partial charge < -0.3 is 18.6 Å².